The highest BCUT2D eigenvalue weighted by molar-refractivity contribution is 5.56. The third-order valence-corrected chi connectivity index (χ3v) is 2.05. The van der Waals surface area contributed by atoms with Crippen molar-refractivity contribution < 1.29 is 0 Å². The molecule has 0 aromatic heterocycles. The number of hydrogen-bond donors (Lipinski definition) is 0. The number of hydrogen-bond acceptors (Lipinski definition) is 1. The summed E-state index contributed by atoms with van der Waals surface area (Å²) in [5.41, 5.74) is 2.81. The van der Waals surface area contributed by atoms with Crippen molar-refractivity contribution in [2.45, 2.75) is 6.42 Å². The molecule has 1 aromatic rings. The van der Waals surface area contributed by atoms with Crippen LogP contribution >= 0.6 is 0 Å². The Bertz CT molecular complexity index is 242. The number of nitrogens with zero attached hydrogens (tertiary/aromatic N) is 1. The van der Waals surface area contributed by atoms with E-state index in [-0.39, 0.29) is 0 Å². The quantitative estimate of drug-likeness (QED) is 0.483. The lowest BCUT2D eigenvalue weighted by atomic mass is 10.2. The van der Waals surface area contributed by atoms with Gasteiger partial charge >= 0.3 is 0 Å². The van der Waals surface area contributed by atoms with E-state index in [9.17, 15) is 0 Å². The van der Waals surface area contributed by atoms with Crippen LogP contribution in [0.15, 0.2) is 18.2 Å². The van der Waals surface area contributed by atoms with E-state index in [1.165, 1.54) is 17.7 Å². The fourth-order valence-corrected chi connectivity index (χ4v) is 1.44. The van der Waals surface area contributed by atoms with Gasteiger partial charge in [-0.3, -0.25) is 0 Å². The fraction of sp³-hybridized carbons (Fsp3) is 0.333. The van der Waals surface area contributed by atoms with Crippen LogP contribution in [-0.2, 0) is 6.42 Å². The molecule has 1 aromatic carbocycles. The van der Waals surface area contributed by atoms with Crippen molar-refractivity contribution in [2.24, 2.45) is 0 Å². The van der Waals surface area contributed by atoms with Gasteiger partial charge in [0, 0.05) is 13.6 Å². The minimum Gasteiger partial charge on any atom is -0.397 e. The van der Waals surface area contributed by atoms with E-state index in [0.717, 1.165) is 6.54 Å². The predicted molar refractivity (Wildman–Crippen MR) is 42.3 cm³/mol. The van der Waals surface area contributed by atoms with Gasteiger partial charge in [0.1, 0.15) is 0 Å². The molecule has 1 aliphatic rings. The molecule has 0 bridgehead atoms. The molecular weight excluding hydrogens is 122 g/mol. The third kappa shape index (κ3) is 0.703. The number of fused-ring (bicyclic) bond motifs is 1. The molecule has 0 aliphatic carbocycles. The monoisotopic (exact) mass is 132 g/mol. The molecule has 1 heterocycles. The van der Waals surface area contributed by atoms with Crippen LogP contribution in [-0.4, -0.2) is 13.6 Å². The average Bonchev–Trinajstić information content (AvgIpc) is 2.34. The van der Waals surface area contributed by atoms with Gasteiger partial charge in [-0.25, -0.2) is 0 Å². The van der Waals surface area contributed by atoms with Gasteiger partial charge in [0.05, 0.1) is 0 Å². The molecule has 0 fully saturated rings. The maximum Gasteiger partial charge on any atom is 0.00892 e. The van der Waals surface area contributed by atoms with Gasteiger partial charge in [-0.1, -0.05) is 12.1 Å². The summed E-state index contributed by atoms with van der Waals surface area (Å²) in [6, 6.07) is 9.27. The van der Waals surface area contributed by atoms with Crippen molar-refractivity contribution in [1.29, 1.82) is 0 Å². The Morgan fingerprint density at radius 2 is 2.50 bits per heavy atom. The van der Waals surface area contributed by atoms with E-state index >= 15 is 0 Å². The zero-order chi connectivity index (χ0) is 6.97. The zero-order valence-electron chi connectivity index (χ0n) is 6.09. The Labute approximate surface area is 61.3 Å². The lowest BCUT2D eigenvalue weighted by Crippen LogP contribution is -2.12. The van der Waals surface area contributed by atoms with Crippen LogP contribution in [0.3, 0.4) is 0 Å². The molecule has 0 spiro atoms. The summed E-state index contributed by atoms with van der Waals surface area (Å²) >= 11 is 0. The van der Waals surface area contributed by atoms with Gasteiger partial charge in [0.2, 0.25) is 0 Å². The van der Waals surface area contributed by atoms with E-state index in [2.05, 4.69) is 30.1 Å². The Balaban J connectivity index is 2.51. The van der Waals surface area contributed by atoms with E-state index in [1.807, 2.05) is 6.07 Å². The van der Waals surface area contributed by atoms with Gasteiger partial charge in [-0.2, -0.15) is 18.2 Å². The SMILES string of the molecule is CN1CCc2c[c-]ccc21. The molecule has 1 heteroatoms. The Morgan fingerprint density at radius 3 is 3.30 bits per heavy atom. The first-order chi connectivity index (χ1) is 4.88. The second-order valence-electron chi connectivity index (χ2n) is 2.73. The summed E-state index contributed by atoms with van der Waals surface area (Å²) in [4.78, 5) is 2.28. The predicted octanol–water partition coefficient (Wildman–Crippen LogP) is 1.48. The molecule has 1 aliphatic heterocycles. The highest BCUT2D eigenvalue weighted by Crippen LogP contribution is 2.24. The van der Waals surface area contributed by atoms with Crippen LogP contribution < -0.4 is 4.90 Å². The summed E-state index contributed by atoms with van der Waals surface area (Å²) in [5, 5.41) is 0. The Kier molecular flexibility index (Phi) is 1.16. The molecule has 0 atom stereocenters. The summed E-state index contributed by atoms with van der Waals surface area (Å²) in [6.45, 7) is 1.16. The minimum atomic E-state index is 1.16. The van der Waals surface area contributed by atoms with Crippen LogP contribution in [0, 0.1) is 6.07 Å². The fourth-order valence-electron chi connectivity index (χ4n) is 1.44. The van der Waals surface area contributed by atoms with Crippen LogP contribution in [0.2, 0.25) is 0 Å². The largest absolute Gasteiger partial charge is 0.397 e. The van der Waals surface area contributed by atoms with Crippen molar-refractivity contribution in [2.75, 3.05) is 18.5 Å². The van der Waals surface area contributed by atoms with Crippen LogP contribution in [0.5, 0.6) is 0 Å². The van der Waals surface area contributed by atoms with Crippen molar-refractivity contribution >= 4 is 5.69 Å². The first kappa shape index (κ1) is 5.78. The second kappa shape index (κ2) is 2.01. The molecule has 0 radical (unpaired) electrons. The van der Waals surface area contributed by atoms with Gasteiger partial charge in [0.25, 0.3) is 0 Å². The minimum absolute atomic E-state index is 1.16. The number of benzene rings is 1. The number of likely N-dealkylation sites (N-methyl/N-ethyl adjacent to an activating group) is 1. The molecule has 2 rings (SSSR count). The van der Waals surface area contributed by atoms with Crippen molar-refractivity contribution in [3.63, 3.8) is 0 Å². The highest BCUT2D eigenvalue weighted by atomic mass is 15.1. The Hall–Kier alpha value is -0.980. The van der Waals surface area contributed by atoms with E-state index in [1.54, 1.807) is 0 Å². The summed E-state index contributed by atoms with van der Waals surface area (Å²) < 4.78 is 0. The molecule has 0 amide bonds. The molecule has 0 N–H and O–H groups in total. The van der Waals surface area contributed by atoms with Crippen molar-refractivity contribution in [1.82, 2.24) is 0 Å². The topological polar surface area (TPSA) is 3.24 Å². The third-order valence-electron chi connectivity index (χ3n) is 2.05. The molecule has 0 unspecified atom stereocenters. The maximum atomic E-state index is 3.09. The zero-order valence-corrected chi connectivity index (χ0v) is 6.09. The number of anilines is 1. The maximum absolute atomic E-state index is 3.09. The van der Waals surface area contributed by atoms with Gasteiger partial charge in [-0.05, 0) is 0 Å². The van der Waals surface area contributed by atoms with Crippen molar-refractivity contribution in [3.05, 3.63) is 29.8 Å². The summed E-state index contributed by atoms with van der Waals surface area (Å²) in [7, 11) is 2.13. The summed E-state index contributed by atoms with van der Waals surface area (Å²) in [5.74, 6) is 0. The standard InChI is InChI=1S/C9H10N/c1-10-7-6-8-4-2-3-5-9(8)10/h3-5H,6-7H2,1H3/q-1. The van der Waals surface area contributed by atoms with E-state index in [4.69, 9.17) is 0 Å². The first-order valence-corrected chi connectivity index (χ1v) is 3.58. The molecule has 0 saturated carbocycles. The molecule has 1 nitrogen and oxygen atoms in total. The lowest BCUT2D eigenvalue weighted by Gasteiger charge is -2.15. The van der Waals surface area contributed by atoms with Gasteiger partial charge in [-0.15, -0.1) is 11.6 Å². The van der Waals surface area contributed by atoms with E-state index < -0.39 is 0 Å². The molecular formula is C9H10N-. The van der Waals surface area contributed by atoms with E-state index in [0.29, 0.717) is 0 Å². The lowest BCUT2D eigenvalue weighted by molar-refractivity contribution is 0.956. The smallest absolute Gasteiger partial charge is 0.00892 e. The Morgan fingerprint density at radius 1 is 1.60 bits per heavy atom. The van der Waals surface area contributed by atoms with Gasteiger partial charge < -0.3 is 4.90 Å². The van der Waals surface area contributed by atoms with Crippen LogP contribution in [0.1, 0.15) is 5.56 Å². The molecule has 10 heavy (non-hydrogen) atoms. The van der Waals surface area contributed by atoms with Gasteiger partial charge in [0.15, 0.2) is 0 Å². The molecule has 52 valence electrons. The highest BCUT2D eigenvalue weighted by Gasteiger charge is 2.06. The first-order valence-electron chi connectivity index (χ1n) is 3.58. The summed E-state index contributed by atoms with van der Waals surface area (Å²) in [6.07, 6.45) is 1.18. The normalized spacial score (nSPS) is 15.5. The number of rotatable bonds is 0. The average molecular weight is 132 g/mol. The van der Waals surface area contributed by atoms with Crippen LogP contribution in [0.4, 0.5) is 5.69 Å². The van der Waals surface area contributed by atoms with Crippen molar-refractivity contribution in [3.8, 4) is 0 Å². The second-order valence-corrected chi connectivity index (χ2v) is 2.73. The molecule has 0 saturated heterocycles. The van der Waals surface area contributed by atoms with Crippen LogP contribution in [0.25, 0.3) is 0 Å².